The smallest absolute Gasteiger partial charge is 0.420 e. The second kappa shape index (κ2) is 7.01. The summed E-state index contributed by atoms with van der Waals surface area (Å²) in [5.74, 6) is -0.280. The maximum Gasteiger partial charge on any atom is 0.420 e. The average Bonchev–Trinajstić information content (AvgIpc) is 2.46. The van der Waals surface area contributed by atoms with Gasteiger partial charge in [-0.2, -0.15) is 13.2 Å². The van der Waals surface area contributed by atoms with Crippen molar-refractivity contribution in [3.63, 3.8) is 0 Å². The highest BCUT2D eigenvalue weighted by molar-refractivity contribution is 5.68. The van der Waals surface area contributed by atoms with Gasteiger partial charge < -0.3 is 20.1 Å². The van der Waals surface area contributed by atoms with E-state index in [9.17, 15) is 18.0 Å². The van der Waals surface area contributed by atoms with E-state index in [1.807, 2.05) is 0 Å². The lowest BCUT2D eigenvalue weighted by molar-refractivity contribution is -0.139. The fourth-order valence-electron chi connectivity index (χ4n) is 2.58. The monoisotopic (exact) mass is 360 g/mol. The summed E-state index contributed by atoms with van der Waals surface area (Å²) in [6.07, 6.45) is -4.41. The number of piperidine rings is 1. The molecule has 0 aliphatic carbocycles. The Balaban J connectivity index is 2.10. The van der Waals surface area contributed by atoms with Crippen molar-refractivity contribution in [3.8, 4) is 5.75 Å². The second-order valence-corrected chi connectivity index (χ2v) is 7.06. The van der Waals surface area contributed by atoms with Crippen LogP contribution in [0.25, 0.3) is 0 Å². The number of halogens is 3. The fourth-order valence-corrected chi connectivity index (χ4v) is 2.58. The van der Waals surface area contributed by atoms with Crippen LogP contribution in [0.2, 0.25) is 0 Å². The van der Waals surface area contributed by atoms with Crippen LogP contribution in [-0.4, -0.2) is 35.8 Å². The second-order valence-electron chi connectivity index (χ2n) is 7.06. The summed E-state index contributed by atoms with van der Waals surface area (Å²) in [5, 5.41) is 0. The van der Waals surface area contributed by atoms with Gasteiger partial charge in [0.1, 0.15) is 17.5 Å². The van der Waals surface area contributed by atoms with E-state index >= 15 is 0 Å². The molecule has 2 N–H and O–H groups in total. The van der Waals surface area contributed by atoms with Crippen molar-refractivity contribution in [3.05, 3.63) is 23.8 Å². The molecule has 1 unspecified atom stereocenters. The molecule has 0 aromatic heterocycles. The lowest BCUT2D eigenvalue weighted by atomic mass is 10.1. The number of anilines is 1. The van der Waals surface area contributed by atoms with Crippen molar-refractivity contribution < 1.29 is 27.4 Å². The quantitative estimate of drug-likeness (QED) is 0.808. The largest absolute Gasteiger partial charge is 0.488 e. The van der Waals surface area contributed by atoms with Crippen molar-refractivity contribution in [1.29, 1.82) is 0 Å². The fraction of sp³-hybridized carbons (Fsp3) is 0.588. The third kappa shape index (κ3) is 5.44. The number of rotatable bonds is 2. The van der Waals surface area contributed by atoms with Crippen LogP contribution in [0.1, 0.15) is 39.2 Å². The molecule has 0 bridgehead atoms. The lowest BCUT2D eigenvalue weighted by Gasteiger charge is -2.34. The number of carbonyl (C=O) groups is 1. The van der Waals surface area contributed by atoms with Crippen molar-refractivity contribution >= 4 is 11.8 Å². The van der Waals surface area contributed by atoms with E-state index in [1.165, 1.54) is 17.0 Å². The normalized spacial score (nSPS) is 18.8. The van der Waals surface area contributed by atoms with Gasteiger partial charge in [0, 0.05) is 12.2 Å². The maximum atomic E-state index is 13.2. The van der Waals surface area contributed by atoms with Crippen molar-refractivity contribution in [1.82, 2.24) is 4.90 Å². The Morgan fingerprint density at radius 1 is 1.28 bits per heavy atom. The maximum absolute atomic E-state index is 13.2. The molecule has 0 radical (unpaired) electrons. The average molecular weight is 360 g/mol. The standard InChI is InChI=1S/C17H23F3N2O3/c1-16(2,3)25-15(23)22-8-4-5-12(10-22)24-14-7-6-11(21)9-13(14)17(18,19)20/h6-7,9,12H,4-5,8,10,21H2,1-3H3. The Hall–Kier alpha value is -2.12. The zero-order valence-electron chi connectivity index (χ0n) is 14.5. The van der Waals surface area contributed by atoms with E-state index in [0.29, 0.717) is 19.4 Å². The summed E-state index contributed by atoms with van der Waals surface area (Å²) in [4.78, 5) is 13.6. The molecule has 1 fully saturated rings. The van der Waals surface area contributed by atoms with Gasteiger partial charge in [-0.25, -0.2) is 4.79 Å². The number of carbonyl (C=O) groups excluding carboxylic acids is 1. The third-order valence-electron chi connectivity index (χ3n) is 3.63. The van der Waals surface area contributed by atoms with Crippen molar-refractivity contribution in [2.75, 3.05) is 18.8 Å². The summed E-state index contributed by atoms with van der Waals surface area (Å²) >= 11 is 0. The Morgan fingerprint density at radius 3 is 2.56 bits per heavy atom. The number of hydrogen-bond donors (Lipinski definition) is 1. The first-order valence-electron chi connectivity index (χ1n) is 8.07. The van der Waals surface area contributed by atoms with Crippen LogP contribution in [0.3, 0.4) is 0 Å². The van der Waals surface area contributed by atoms with Crippen LogP contribution in [0, 0.1) is 0 Å². The van der Waals surface area contributed by atoms with Crippen molar-refractivity contribution in [2.45, 2.75) is 51.5 Å². The molecule has 140 valence electrons. The number of benzene rings is 1. The van der Waals surface area contributed by atoms with Gasteiger partial charge in [-0.05, 0) is 51.8 Å². The lowest BCUT2D eigenvalue weighted by Crippen LogP contribution is -2.46. The molecule has 0 spiro atoms. The molecular formula is C17H23F3N2O3. The highest BCUT2D eigenvalue weighted by atomic mass is 19.4. The Bertz CT molecular complexity index is 627. The summed E-state index contributed by atoms with van der Waals surface area (Å²) in [5.41, 5.74) is 3.92. The Kier molecular flexibility index (Phi) is 5.39. The van der Waals surface area contributed by atoms with E-state index in [4.69, 9.17) is 15.2 Å². The van der Waals surface area contributed by atoms with E-state index in [2.05, 4.69) is 0 Å². The molecule has 1 aliphatic heterocycles. The summed E-state index contributed by atoms with van der Waals surface area (Å²) in [6, 6.07) is 3.42. The number of nitrogen functional groups attached to an aromatic ring is 1. The van der Waals surface area contributed by atoms with Gasteiger partial charge in [0.05, 0.1) is 12.1 Å². The van der Waals surface area contributed by atoms with E-state index in [0.717, 1.165) is 6.07 Å². The van der Waals surface area contributed by atoms with E-state index < -0.39 is 29.5 Å². The Labute approximate surface area is 144 Å². The topological polar surface area (TPSA) is 64.8 Å². The molecule has 25 heavy (non-hydrogen) atoms. The van der Waals surface area contributed by atoms with E-state index in [1.54, 1.807) is 20.8 Å². The van der Waals surface area contributed by atoms with Gasteiger partial charge in [-0.3, -0.25) is 0 Å². The molecule has 5 nitrogen and oxygen atoms in total. The number of nitrogens with zero attached hydrogens (tertiary/aromatic N) is 1. The molecule has 2 rings (SSSR count). The highest BCUT2D eigenvalue weighted by Crippen LogP contribution is 2.38. The summed E-state index contributed by atoms with van der Waals surface area (Å²) in [6.45, 7) is 5.94. The van der Waals surface area contributed by atoms with Gasteiger partial charge in [0.2, 0.25) is 0 Å². The number of ether oxygens (including phenoxy) is 2. The Morgan fingerprint density at radius 2 is 1.96 bits per heavy atom. The highest BCUT2D eigenvalue weighted by Gasteiger charge is 2.36. The minimum absolute atomic E-state index is 0.0127. The molecule has 1 amide bonds. The zero-order valence-corrected chi connectivity index (χ0v) is 14.5. The van der Waals surface area contributed by atoms with Crippen LogP contribution < -0.4 is 10.5 Å². The summed E-state index contributed by atoms with van der Waals surface area (Å²) < 4.78 is 50.3. The molecule has 0 saturated carbocycles. The molecule has 1 atom stereocenters. The molecule has 1 aromatic rings. The molecule has 1 saturated heterocycles. The first-order valence-corrected chi connectivity index (χ1v) is 8.07. The van der Waals surface area contributed by atoms with Crippen LogP contribution in [0.15, 0.2) is 18.2 Å². The SMILES string of the molecule is CC(C)(C)OC(=O)N1CCCC(Oc2ccc(N)cc2C(F)(F)F)C1. The zero-order chi connectivity index (χ0) is 18.8. The number of hydrogen-bond acceptors (Lipinski definition) is 4. The minimum Gasteiger partial charge on any atom is -0.488 e. The molecular weight excluding hydrogens is 337 g/mol. The van der Waals surface area contributed by atoms with Crippen molar-refractivity contribution in [2.24, 2.45) is 0 Å². The first kappa shape index (κ1) is 19.2. The van der Waals surface area contributed by atoms with Crippen LogP contribution in [0.4, 0.5) is 23.7 Å². The van der Waals surface area contributed by atoms with Crippen LogP contribution >= 0.6 is 0 Å². The predicted molar refractivity (Wildman–Crippen MR) is 87.3 cm³/mol. The third-order valence-corrected chi connectivity index (χ3v) is 3.63. The molecule has 8 heteroatoms. The summed E-state index contributed by atoms with van der Waals surface area (Å²) in [7, 11) is 0. The minimum atomic E-state index is -4.57. The van der Waals surface area contributed by atoms with Gasteiger partial charge in [0.25, 0.3) is 0 Å². The van der Waals surface area contributed by atoms with Gasteiger partial charge in [0.15, 0.2) is 0 Å². The van der Waals surface area contributed by atoms with Crippen LogP contribution in [-0.2, 0) is 10.9 Å². The molecule has 1 aromatic carbocycles. The number of alkyl halides is 3. The molecule has 1 aliphatic rings. The molecule has 1 heterocycles. The number of amides is 1. The number of likely N-dealkylation sites (tertiary alicyclic amines) is 1. The van der Waals surface area contributed by atoms with Gasteiger partial charge in [-0.1, -0.05) is 0 Å². The van der Waals surface area contributed by atoms with Gasteiger partial charge >= 0.3 is 12.3 Å². The predicted octanol–water partition coefficient (Wildman–Crippen LogP) is 4.07. The first-order chi connectivity index (χ1) is 11.5. The van der Waals surface area contributed by atoms with Crippen LogP contribution in [0.5, 0.6) is 5.75 Å². The van der Waals surface area contributed by atoms with Gasteiger partial charge in [-0.15, -0.1) is 0 Å². The van der Waals surface area contributed by atoms with E-state index in [-0.39, 0.29) is 18.0 Å². The number of nitrogens with two attached hydrogens (primary N) is 1.